The summed E-state index contributed by atoms with van der Waals surface area (Å²) in [5.74, 6) is 0. The zero-order valence-corrected chi connectivity index (χ0v) is 17.1. The van der Waals surface area contributed by atoms with Crippen molar-refractivity contribution >= 4 is 21.6 Å². The zero-order valence-electron chi connectivity index (χ0n) is 15.5. The summed E-state index contributed by atoms with van der Waals surface area (Å²) in [6.07, 6.45) is 5.43. The summed E-state index contributed by atoms with van der Waals surface area (Å²) in [5.41, 5.74) is 0. The Morgan fingerprint density at radius 2 is 1.73 bits per heavy atom. The molecule has 1 aromatic rings. The first-order valence-corrected chi connectivity index (χ1v) is 11.6. The second-order valence-electron chi connectivity index (χ2n) is 7.41. The van der Waals surface area contributed by atoms with Crippen molar-refractivity contribution in [2.24, 2.45) is 0 Å². The van der Waals surface area contributed by atoms with Crippen molar-refractivity contribution in [3.05, 3.63) is 29.3 Å². The Labute approximate surface area is 162 Å². The van der Waals surface area contributed by atoms with Crippen LogP contribution < -0.4 is 4.72 Å². The predicted molar refractivity (Wildman–Crippen MR) is 106 cm³/mol. The molecule has 0 radical (unpaired) electrons. The molecule has 2 fully saturated rings. The number of halogens is 1. The van der Waals surface area contributed by atoms with Gasteiger partial charge in [0.05, 0.1) is 4.90 Å². The van der Waals surface area contributed by atoms with E-state index in [-0.39, 0.29) is 6.04 Å². The normalized spacial score (nSPS) is 26.1. The Bertz CT molecular complexity index is 673. The highest BCUT2D eigenvalue weighted by molar-refractivity contribution is 7.89. The highest BCUT2D eigenvalue weighted by Gasteiger charge is 2.34. The monoisotopic (exact) mass is 399 g/mol. The lowest BCUT2D eigenvalue weighted by Crippen LogP contribution is -2.58. The Morgan fingerprint density at radius 1 is 1.08 bits per heavy atom. The van der Waals surface area contributed by atoms with Crippen LogP contribution in [0.5, 0.6) is 0 Å². The van der Waals surface area contributed by atoms with Crippen molar-refractivity contribution in [2.75, 3.05) is 32.7 Å². The van der Waals surface area contributed by atoms with Gasteiger partial charge in [0.1, 0.15) is 0 Å². The average molecular weight is 400 g/mol. The molecule has 26 heavy (non-hydrogen) atoms. The highest BCUT2D eigenvalue weighted by Crippen LogP contribution is 2.26. The molecule has 1 heterocycles. The van der Waals surface area contributed by atoms with Crippen molar-refractivity contribution in [3.8, 4) is 0 Å². The van der Waals surface area contributed by atoms with Gasteiger partial charge in [0.2, 0.25) is 10.0 Å². The number of sulfonamides is 1. The van der Waals surface area contributed by atoms with Gasteiger partial charge in [-0.25, -0.2) is 13.1 Å². The topological polar surface area (TPSA) is 52.6 Å². The molecule has 0 bridgehead atoms. The number of hydrogen-bond donors (Lipinski definition) is 1. The SMILES string of the molecule is CCCN1CCN([C@@H]2CCCC[C@H]2NS(=O)(=O)c2ccc(Cl)cc2)CC1. The average Bonchev–Trinajstić information content (AvgIpc) is 2.63. The molecule has 5 nitrogen and oxygen atoms in total. The second kappa shape index (κ2) is 9.02. The van der Waals surface area contributed by atoms with Crippen LogP contribution in [0.15, 0.2) is 29.2 Å². The van der Waals surface area contributed by atoms with Crippen LogP contribution in [0.4, 0.5) is 0 Å². The number of nitrogens with one attached hydrogen (secondary N) is 1. The lowest BCUT2D eigenvalue weighted by molar-refractivity contribution is 0.0663. The molecule has 1 saturated carbocycles. The number of rotatable bonds is 6. The number of piperazine rings is 1. The lowest BCUT2D eigenvalue weighted by atomic mass is 9.89. The van der Waals surface area contributed by atoms with Gasteiger partial charge in [-0.3, -0.25) is 4.90 Å². The molecule has 146 valence electrons. The molecule has 2 atom stereocenters. The van der Waals surface area contributed by atoms with E-state index in [0.717, 1.165) is 52.0 Å². The van der Waals surface area contributed by atoms with Crippen LogP contribution in [0.25, 0.3) is 0 Å². The summed E-state index contributed by atoms with van der Waals surface area (Å²) >= 11 is 5.89. The van der Waals surface area contributed by atoms with Crippen LogP contribution in [0.1, 0.15) is 39.0 Å². The van der Waals surface area contributed by atoms with Crippen LogP contribution in [0.2, 0.25) is 5.02 Å². The summed E-state index contributed by atoms with van der Waals surface area (Å²) in [4.78, 5) is 5.30. The summed E-state index contributed by atoms with van der Waals surface area (Å²) in [5, 5.41) is 0.546. The fraction of sp³-hybridized carbons (Fsp3) is 0.684. The van der Waals surface area contributed by atoms with E-state index < -0.39 is 10.0 Å². The first kappa shape index (κ1) is 20.1. The second-order valence-corrected chi connectivity index (χ2v) is 9.56. The smallest absolute Gasteiger partial charge is 0.240 e. The van der Waals surface area contributed by atoms with Crippen molar-refractivity contribution < 1.29 is 8.42 Å². The zero-order chi connectivity index (χ0) is 18.6. The molecule has 1 saturated heterocycles. The molecule has 0 unspecified atom stereocenters. The maximum atomic E-state index is 12.8. The standard InChI is InChI=1S/C19H30ClN3O2S/c1-2-11-22-12-14-23(15-13-22)19-6-4-3-5-18(19)21-26(24,25)17-9-7-16(20)8-10-17/h7-10,18-19,21H,2-6,11-15H2,1H3/t18-,19-/m1/s1. The molecule has 0 aromatic heterocycles. The first-order chi connectivity index (χ1) is 12.5. The van der Waals surface area contributed by atoms with E-state index in [0.29, 0.717) is 16.0 Å². The van der Waals surface area contributed by atoms with Crippen molar-refractivity contribution in [2.45, 2.75) is 56.0 Å². The van der Waals surface area contributed by atoms with Gasteiger partial charge < -0.3 is 4.90 Å². The van der Waals surface area contributed by atoms with Crippen LogP contribution in [-0.2, 0) is 10.0 Å². The Balaban J connectivity index is 1.66. The molecule has 7 heteroatoms. The van der Waals surface area contributed by atoms with E-state index in [9.17, 15) is 8.42 Å². The third-order valence-electron chi connectivity index (χ3n) is 5.58. The Kier molecular flexibility index (Phi) is 6.97. The van der Waals surface area contributed by atoms with E-state index in [1.54, 1.807) is 24.3 Å². The molecule has 3 rings (SSSR count). The summed E-state index contributed by atoms with van der Waals surface area (Å²) < 4.78 is 28.6. The van der Waals surface area contributed by atoms with E-state index >= 15 is 0 Å². The molecule has 1 aliphatic carbocycles. The summed E-state index contributed by atoms with van der Waals surface area (Å²) in [6.45, 7) is 7.61. The number of hydrogen-bond acceptors (Lipinski definition) is 4. The van der Waals surface area contributed by atoms with Gasteiger partial charge in [-0.05, 0) is 50.1 Å². The van der Waals surface area contributed by atoms with Gasteiger partial charge in [0, 0.05) is 43.3 Å². The van der Waals surface area contributed by atoms with Gasteiger partial charge in [-0.15, -0.1) is 0 Å². The quantitative estimate of drug-likeness (QED) is 0.799. The third-order valence-corrected chi connectivity index (χ3v) is 7.33. The van der Waals surface area contributed by atoms with Gasteiger partial charge in [-0.2, -0.15) is 0 Å². The largest absolute Gasteiger partial charge is 0.301 e. The minimum atomic E-state index is -3.51. The molecule has 1 aliphatic heterocycles. The molecular formula is C19H30ClN3O2S. The minimum Gasteiger partial charge on any atom is -0.301 e. The Hall–Kier alpha value is -0.660. The predicted octanol–water partition coefficient (Wildman–Crippen LogP) is 2.96. The molecule has 0 spiro atoms. The van der Waals surface area contributed by atoms with Crippen LogP contribution in [-0.4, -0.2) is 63.0 Å². The molecule has 1 aromatic carbocycles. The van der Waals surface area contributed by atoms with Crippen molar-refractivity contribution in [1.29, 1.82) is 0 Å². The van der Waals surface area contributed by atoms with Gasteiger partial charge in [-0.1, -0.05) is 31.4 Å². The van der Waals surface area contributed by atoms with Crippen LogP contribution in [0.3, 0.4) is 0 Å². The van der Waals surface area contributed by atoms with Gasteiger partial charge >= 0.3 is 0 Å². The molecular weight excluding hydrogens is 370 g/mol. The summed E-state index contributed by atoms with van der Waals surface area (Å²) in [6, 6.07) is 6.69. The van der Waals surface area contributed by atoms with E-state index in [1.807, 2.05) is 0 Å². The number of nitrogens with zero attached hydrogens (tertiary/aromatic N) is 2. The van der Waals surface area contributed by atoms with Gasteiger partial charge in [0.25, 0.3) is 0 Å². The summed E-state index contributed by atoms with van der Waals surface area (Å²) in [7, 11) is -3.51. The lowest BCUT2D eigenvalue weighted by Gasteiger charge is -2.44. The van der Waals surface area contributed by atoms with Crippen molar-refractivity contribution in [1.82, 2.24) is 14.5 Å². The number of benzene rings is 1. The molecule has 0 amide bonds. The highest BCUT2D eigenvalue weighted by atomic mass is 35.5. The first-order valence-electron chi connectivity index (χ1n) is 9.74. The maximum absolute atomic E-state index is 12.8. The fourth-order valence-electron chi connectivity index (χ4n) is 4.20. The molecule has 2 aliphatic rings. The van der Waals surface area contributed by atoms with Gasteiger partial charge in [0.15, 0.2) is 0 Å². The molecule has 1 N–H and O–H groups in total. The third kappa shape index (κ3) is 4.98. The minimum absolute atomic E-state index is 0.0119. The van der Waals surface area contributed by atoms with E-state index in [1.165, 1.54) is 12.8 Å². The fourth-order valence-corrected chi connectivity index (χ4v) is 5.63. The van der Waals surface area contributed by atoms with Crippen LogP contribution >= 0.6 is 11.6 Å². The maximum Gasteiger partial charge on any atom is 0.240 e. The Morgan fingerprint density at radius 3 is 2.38 bits per heavy atom. The van der Waals surface area contributed by atoms with E-state index in [2.05, 4.69) is 21.4 Å². The van der Waals surface area contributed by atoms with Crippen LogP contribution in [0, 0.1) is 0 Å². The van der Waals surface area contributed by atoms with Crippen molar-refractivity contribution in [3.63, 3.8) is 0 Å². The van der Waals surface area contributed by atoms with E-state index in [4.69, 9.17) is 11.6 Å².